The second-order valence-corrected chi connectivity index (χ2v) is 5.67. The van der Waals surface area contributed by atoms with Crippen molar-refractivity contribution in [3.8, 4) is 0 Å². The molecule has 1 atom stereocenters. The standard InChI is InChI=1S/C14H16BrClN2O2/c1-20-7-6-18-14(11(15)9-17-18)13(19)8-10-4-2-3-5-12(10)16/h2-5,9,13,19H,6-8H2,1H3. The molecule has 4 nitrogen and oxygen atoms in total. The third-order valence-electron chi connectivity index (χ3n) is 3.03. The Morgan fingerprint density at radius 3 is 2.90 bits per heavy atom. The maximum atomic E-state index is 10.5. The zero-order valence-corrected chi connectivity index (χ0v) is 13.4. The molecule has 1 aromatic carbocycles. The van der Waals surface area contributed by atoms with Gasteiger partial charge in [0.1, 0.15) is 6.10 Å². The molecule has 2 aromatic rings. The van der Waals surface area contributed by atoms with Gasteiger partial charge < -0.3 is 9.84 Å². The minimum Gasteiger partial charge on any atom is -0.386 e. The quantitative estimate of drug-likeness (QED) is 0.861. The molecule has 2 rings (SSSR count). The average molecular weight is 360 g/mol. The van der Waals surface area contributed by atoms with E-state index in [4.69, 9.17) is 16.3 Å². The number of rotatable bonds is 6. The van der Waals surface area contributed by atoms with Crippen LogP contribution >= 0.6 is 27.5 Å². The molecule has 0 amide bonds. The zero-order chi connectivity index (χ0) is 14.5. The third kappa shape index (κ3) is 3.61. The van der Waals surface area contributed by atoms with Crippen LogP contribution in [0.2, 0.25) is 5.02 Å². The van der Waals surface area contributed by atoms with E-state index in [1.807, 2.05) is 24.3 Å². The Morgan fingerprint density at radius 1 is 1.45 bits per heavy atom. The molecule has 1 unspecified atom stereocenters. The number of nitrogens with zero attached hydrogens (tertiary/aromatic N) is 2. The number of aliphatic hydroxyl groups excluding tert-OH is 1. The van der Waals surface area contributed by atoms with Gasteiger partial charge in [0.25, 0.3) is 0 Å². The van der Waals surface area contributed by atoms with Crippen molar-refractivity contribution in [2.45, 2.75) is 19.1 Å². The second-order valence-electron chi connectivity index (χ2n) is 4.41. The van der Waals surface area contributed by atoms with Crippen molar-refractivity contribution in [2.24, 2.45) is 0 Å². The van der Waals surface area contributed by atoms with Gasteiger partial charge in [-0.2, -0.15) is 5.10 Å². The summed E-state index contributed by atoms with van der Waals surface area (Å²) < 4.78 is 7.58. The lowest BCUT2D eigenvalue weighted by molar-refractivity contribution is 0.152. The third-order valence-corrected chi connectivity index (χ3v) is 4.01. The molecule has 0 spiro atoms. The molecule has 0 saturated carbocycles. The van der Waals surface area contributed by atoms with Crippen LogP contribution in [0.1, 0.15) is 17.4 Å². The highest BCUT2D eigenvalue weighted by molar-refractivity contribution is 9.10. The Balaban J connectivity index is 2.18. The van der Waals surface area contributed by atoms with Gasteiger partial charge in [0, 0.05) is 18.6 Å². The number of hydrogen-bond donors (Lipinski definition) is 1. The van der Waals surface area contributed by atoms with Gasteiger partial charge >= 0.3 is 0 Å². The number of hydrogen-bond acceptors (Lipinski definition) is 3. The van der Waals surface area contributed by atoms with Gasteiger partial charge in [0.15, 0.2) is 0 Å². The monoisotopic (exact) mass is 358 g/mol. The molecule has 6 heteroatoms. The van der Waals surface area contributed by atoms with E-state index >= 15 is 0 Å². The highest BCUT2D eigenvalue weighted by Crippen LogP contribution is 2.28. The summed E-state index contributed by atoms with van der Waals surface area (Å²) in [6.45, 7) is 1.14. The Labute approximate surface area is 131 Å². The van der Waals surface area contributed by atoms with Gasteiger partial charge in [0.05, 0.1) is 29.5 Å². The van der Waals surface area contributed by atoms with E-state index in [1.165, 1.54) is 0 Å². The molecule has 0 fully saturated rings. The maximum Gasteiger partial charge on any atom is 0.101 e. The van der Waals surface area contributed by atoms with Crippen molar-refractivity contribution in [3.05, 3.63) is 51.2 Å². The van der Waals surface area contributed by atoms with E-state index in [1.54, 1.807) is 18.0 Å². The SMILES string of the molecule is COCCn1ncc(Br)c1C(O)Cc1ccccc1Cl. The molecular formula is C14H16BrClN2O2. The van der Waals surface area contributed by atoms with Gasteiger partial charge in [-0.05, 0) is 27.6 Å². The van der Waals surface area contributed by atoms with E-state index in [9.17, 15) is 5.11 Å². The van der Waals surface area contributed by atoms with Crippen LogP contribution in [0, 0.1) is 0 Å². The molecule has 108 valence electrons. The van der Waals surface area contributed by atoms with Gasteiger partial charge in [-0.3, -0.25) is 4.68 Å². The van der Waals surface area contributed by atoms with Crippen molar-refractivity contribution >= 4 is 27.5 Å². The van der Waals surface area contributed by atoms with E-state index in [2.05, 4.69) is 21.0 Å². The van der Waals surface area contributed by atoms with Crippen LogP contribution in [0.15, 0.2) is 34.9 Å². The topological polar surface area (TPSA) is 47.3 Å². The molecule has 0 aliphatic rings. The summed E-state index contributed by atoms with van der Waals surface area (Å²) in [6.07, 6.45) is 1.45. The van der Waals surface area contributed by atoms with Gasteiger partial charge in [-0.25, -0.2) is 0 Å². The number of halogens is 2. The first-order valence-electron chi connectivity index (χ1n) is 6.25. The van der Waals surface area contributed by atoms with E-state index < -0.39 is 6.10 Å². The summed E-state index contributed by atoms with van der Waals surface area (Å²) in [5.41, 5.74) is 1.65. The summed E-state index contributed by atoms with van der Waals surface area (Å²) in [7, 11) is 1.64. The van der Waals surface area contributed by atoms with Crippen LogP contribution in [-0.4, -0.2) is 28.6 Å². The molecule has 0 saturated heterocycles. The van der Waals surface area contributed by atoms with Gasteiger partial charge in [-0.1, -0.05) is 29.8 Å². The number of methoxy groups -OCH3 is 1. The average Bonchev–Trinajstić information content (AvgIpc) is 2.80. The van der Waals surface area contributed by atoms with Crippen molar-refractivity contribution in [2.75, 3.05) is 13.7 Å². The van der Waals surface area contributed by atoms with Crippen LogP contribution < -0.4 is 0 Å². The van der Waals surface area contributed by atoms with Gasteiger partial charge in [-0.15, -0.1) is 0 Å². The second kappa shape index (κ2) is 7.22. The van der Waals surface area contributed by atoms with Crippen molar-refractivity contribution in [1.82, 2.24) is 9.78 Å². The summed E-state index contributed by atoms with van der Waals surface area (Å²) >= 11 is 9.55. The van der Waals surface area contributed by atoms with Crippen LogP contribution in [0.3, 0.4) is 0 Å². The number of aliphatic hydroxyl groups is 1. The van der Waals surface area contributed by atoms with E-state index in [0.29, 0.717) is 24.6 Å². The van der Waals surface area contributed by atoms with Gasteiger partial charge in [0.2, 0.25) is 0 Å². The number of benzene rings is 1. The van der Waals surface area contributed by atoms with Crippen molar-refractivity contribution < 1.29 is 9.84 Å². The molecule has 0 radical (unpaired) electrons. The highest BCUT2D eigenvalue weighted by Gasteiger charge is 2.19. The van der Waals surface area contributed by atoms with Crippen LogP contribution in [0.25, 0.3) is 0 Å². The Morgan fingerprint density at radius 2 is 2.20 bits per heavy atom. The molecule has 1 heterocycles. The minimum atomic E-state index is -0.677. The lowest BCUT2D eigenvalue weighted by Crippen LogP contribution is -2.14. The van der Waals surface area contributed by atoms with Crippen LogP contribution in [-0.2, 0) is 17.7 Å². The Kier molecular flexibility index (Phi) is 5.60. The normalized spacial score (nSPS) is 12.6. The van der Waals surface area contributed by atoms with Crippen LogP contribution in [0.4, 0.5) is 0 Å². The van der Waals surface area contributed by atoms with Crippen molar-refractivity contribution in [1.29, 1.82) is 0 Å². The summed E-state index contributed by atoms with van der Waals surface area (Å²) in [5, 5.41) is 15.4. The Hall–Kier alpha value is -0.880. The molecule has 20 heavy (non-hydrogen) atoms. The lowest BCUT2D eigenvalue weighted by Gasteiger charge is -2.15. The highest BCUT2D eigenvalue weighted by atomic mass is 79.9. The fraction of sp³-hybridized carbons (Fsp3) is 0.357. The molecular weight excluding hydrogens is 344 g/mol. The molecule has 1 aromatic heterocycles. The van der Waals surface area contributed by atoms with E-state index in [-0.39, 0.29) is 0 Å². The predicted octanol–water partition coefficient (Wildman–Crippen LogP) is 3.22. The summed E-state index contributed by atoms with van der Waals surface area (Å²) in [4.78, 5) is 0. The first-order valence-corrected chi connectivity index (χ1v) is 7.42. The molecule has 0 aliphatic heterocycles. The number of ether oxygens (including phenoxy) is 1. The van der Waals surface area contributed by atoms with E-state index in [0.717, 1.165) is 15.7 Å². The molecule has 0 bridgehead atoms. The van der Waals surface area contributed by atoms with Crippen LogP contribution in [0.5, 0.6) is 0 Å². The predicted molar refractivity (Wildman–Crippen MR) is 81.9 cm³/mol. The first-order chi connectivity index (χ1) is 9.63. The molecule has 0 aliphatic carbocycles. The minimum absolute atomic E-state index is 0.441. The summed E-state index contributed by atoms with van der Waals surface area (Å²) in [6, 6.07) is 7.51. The fourth-order valence-corrected chi connectivity index (χ4v) is 2.80. The zero-order valence-electron chi connectivity index (χ0n) is 11.1. The fourth-order valence-electron chi connectivity index (χ4n) is 2.03. The Bertz CT molecular complexity index is 574. The summed E-state index contributed by atoms with van der Waals surface area (Å²) in [5.74, 6) is 0. The number of aromatic nitrogens is 2. The molecule has 1 N–H and O–H groups in total. The first kappa shape index (κ1) is 15.5. The maximum absolute atomic E-state index is 10.5. The van der Waals surface area contributed by atoms with Crippen molar-refractivity contribution in [3.63, 3.8) is 0 Å². The lowest BCUT2D eigenvalue weighted by atomic mass is 10.1. The largest absolute Gasteiger partial charge is 0.386 e. The smallest absolute Gasteiger partial charge is 0.101 e.